The first-order valence-corrected chi connectivity index (χ1v) is 7.24. The highest BCUT2D eigenvalue weighted by atomic mass is 14.9. The van der Waals surface area contributed by atoms with Gasteiger partial charge in [-0.05, 0) is 49.6 Å². The minimum Gasteiger partial charge on any atom is -0.314 e. The standard InChI is InChI=1S/C17H27N/c1-13-5-7-14(8-6-13)11-15(17(2,3)4)12-18-16-9-10-16/h5-8,15-16,18H,9-12H2,1-4H3. The Hall–Kier alpha value is -0.820. The first-order valence-electron chi connectivity index (χ1n) is 7.24. The number of rotatable bonds is 5. The molecule has 1 aromatic carbocycles. The molecule has 1 aromatic rings. The van der Waals surface area contributed by atoms with Crippen molar-refractivity contribution >= 4 is 0 Å². The van der Waals surface area contributed by atoms with E-state index in [1.54, 1.807) is 0 Å². The minimum absolute atomic E-state index is 0.368. The number of aryl methyl sites for hydroxylation is 1. The third-order valence-corrected chi connectivity index (χ3v) is 4.06. The summed E-state index contributed by atoms with van der Waals surface area (Å²) in [5.41, 5.74) is 3.19. The van der Waals surface area contributed by atoms with Gasteiger partial charge in [-0.2, -0.15) is 0 Å². The lowest BCUT2D eigenvalue weighted by Crippen LogP contribution is -2.34. The molecule has 1 unspecified atom stereocenters. The molecular weight excluding hydrogens is 218 g/mol. The van der Waals surface area contributed by atoms with Gasteiger partial charge in [0, 0.05) is 6.04 Å². The van der Waals surface area contributed by atoms with Crippen LogP contribution in [0.1, 0.15) is 44.7 Å². The van der Waals surface area contributed by atoms with Crippen LogP contribution in [0.4, 0.5) is 0 Å². The fourth-order valence-corrected chi connectivity index (χ4v) is 2.29. The maximum absolute atomic E-state index is 3.69. The van der Waals surface area contributed by atoms with E-state index in [0.29, 0.717) is 11.3 Å². The first-order chi connectivity index (χ1) is 8.45. The van der Waals surface area contributed by atoms with E-state index in [-0.39, 0.29) is 0 Å². The third-order valence-electron chi connectivity index (χ3n) is 4.06. The van der Waals surface area contributed by atoms with Crippen molar-refractivity contribution < 1.29 is 0 Å². The van der Waals surface area contributed by atoms with Crippen LogP contribution in [0, 0.1) is 18.3 Å². The van der Waals surface area contributed by atoms with Gasteiger partial charge in [-0.25, -0.2) is 0 Å². The van der Waals surface area contributed by atoms with Crippen LogP contribution >= 0.6 is 0 Å². The van der Waals surface area contributed by atoms with Gasteiger partial charge in [-0.3, -0.25) is 0 Å². The summed E-state index contributed by atoms with van der Waals surface area (Å²) in [6, 6.07) is 9.83. The van der Waals surface area contributed by atoms with Gasteiger partial charge < -0.3 is 5.32 Å². The van der Waals surface area contributed by atoms with E-state index in [1.165, 1.54) is 30.4 Å². The van der Waals surface area contributed by atoms with Crippen LogP contribution in [0.15, 0.2) is 24.3 Å². The summed E-state index contributed by atoms with van der Waals surface area (Å²) >= 11 is 0. The zero-order valence-corrected chi connectivity index (χ0v) is 12.3. The Bertz CT molecular complexity index is 368. The predicted molar refractivity (Wildman–Crippen MR) is 78.9 cm³/mol. The summed E-state index contributed by atoms with van der Waals surface area (Å²) in [7, 11) is 0. The molecule has 0 aliphatic heterocycles. The molecule has 0 amide bonds. The van der Waals surface area contributed by atoms with Crippen molar-refractivity contribution in [2.24, 2.45) is 11.3 Å². The van der Waals surface area contributed by atoms with Gasteiger partial charge >= 0.3 is 0 Å². The Morgan fingerprint density at radius 3 is 2.28 bits per heavy atom. The Labute approximate surface area is 112 Å². The maximum Gasteiger partial charge on any atom is 0.00683 e. The topological polar surface area (TPSA) is 12.0 Å². The second kappa shape index (κ2) is 5.44. The average Bonchev–Trinajstić information content (AvgIpc) is 3.09. The molecule has 1 saturated carbocycles. The molecule has 1 atom stereocenters. The third kappa shape index (κ3) is 4.13. The minimum atomic E-state index is 0.368. The Kier molecular flexibility index (Phi) is 4.11. The van der Waals surface area contributed by atoms with Crippen LogP contribution in [0.3, 0.4) is 0 Å². The molecule has 0 radical (unpaired) electrons. The summed E-state index contributed by atoms with van der Waals surface area (Å²) in [6.45, 7) is 10.4. The van der Waals surface area contributed by atoms with E-state index in [9.17, 15) is 0 Å². The second-order valence-electron chi connectivity index (χ2n) is 6.94. The molecule has 1 N–H and O–H groups in total. The van der Waals surface area contributed by atoms with E-state index < -0.39 is 0 Å². The number of hydrogen-bond acceptors (Lipinski definition) is 1. The van der Waals surface area contributed by atoms with E-state index in [1.807, 2.05) is 0 Å². The van der Waals surface area contributed by atoms with Crippen molar-refractivity contribution in [1.29, 1.82) is 0 Å². The monoisotopic (exact) mass is 245 g/mol. The highest BCUT2D eigenvalue weighted by Crippen LogP contribution is 2.30. The van der Waals surface area contributed by atoms with E-state index in [0.717, 1.165) is 12.6 Å². The smallest absolute Gasteiger partial charge is 0.00683 e. The Morgan fingerprint density at radius 2 is 1.78 bits per heavy atom. The fourth-order valence-electron chi connectivity index (χ4n) is 2.29. The normalized spacial score (nSPS) is 17.8. The number of nitrogens with one attached hydrogen (secondary N) is 1. The molecule has 0 bridgehead atoms. The van der Waals surface area contributed by atoms with Crippen molar-refractivity contribution in [2.75, 3.05) is 6.54 Å². The summed E-state index contributed by atoms with van der Waals surface area (Å²) in [4.78, 5) is 0. The van der Waals surface area contributed by atoms with Gasteiger partial charge in [0.25, 0.3) is 0 Å². The van der Waals surface area contributed by atoms with Gasteiger partial charge in [0.1, 0.15) is 0 Å². The zero-order chi connectivity index (χ0) is 13.2. The van der Waals surface area contributed by atoms with Gasteiger partial charge in [0.15, 0.2) is 0 Å². The summed E-state index contributed by atoms with van der Waals surface area (Å²) in [6.07, 6.45) is 3.94. The first kappa shape index (κ1) is 13.6. The van der Waals surface area contributed by atoms with Gasteiger partial charge in [0.05, 0.1) is 0 Å². The second-order valence-corrected chi connectivity index (χ2v) is 6.94. The molecule has 1 aliphatic rings. The summed E-state index contributed by atoms with van der Waals surface area (Å²) in [5.74, 6) is 0.709. The molecule has 2 rings (SSSR count). The molecule has 1 nitrogen and oxygen atoms in total. The Balaban J connectivity index is 1.96. The maximum atomic E-state index is 3.69. The van der Waals surface area contributed by atoms with Crippen LogP contribution in [0.5, 0.6) is 0 Å². The van der Waals surface area contributed by atoms with Crippen LogP contribution in [-0.4, -0.2) is 12.6 Å². The van der Waals surface area contributed by atoms with Crippen molar-refractivity contribution in [3.63, 3.8) is 0 Å². The highest BCUT2D eigenvalue weighted by Gasteiger charge is 2.28. The SMILES string of the molecule is Cc1ccc(CC(CNC2CC2)C(C)(C)C)cc1. The lowest BCUT2D eigenvalue weighted by atomic mass is 9.77. The van der Waals surface area contributed by atoms with Crippen molar-refractivity contribution in [2.45, 2.75) is 53.0 Å². The largest absolute Gasteiger partial charge is 0.314 e. The molecule has 1 aliphatic carbocycles. The lowest BCUT2D eigenvalue weighted by molar-refractivity contribution is 0.230. The van der Waals surface area contributed by atoms with Crippen LogP contribution in [-0.2, 0) is 6.42 Å². The van der Waals surface area contributed by atoms with Crippen LogP contribution < -0.4 is 5.32 Å². The highest BCUT2D eigenvalue weighted by molar-refractivity contribution is 5.22. The predicted octanol–water partition coefficient (Wildman–Crippen LogP) is 3.95. The lowest BCUT2D eigenvalue weighted by Gasteiger charge is -2.31. The molecule has 0 aromatic heterocycles. The molecule has 0 saturated heterocycles. The molecule has 0 spiro atoms. The van der Waals surface area contributed by atoms with Crippen LogP contribution in [0.2, 0.25) is 0 Å². The van der Waals surface area contributed by atoms with Gasteiger partial charge in [-0.1, -0.05) is 50.6 Å². The number of hydrogen-bond donors (Lipinski definition) is 1. The molecular formula is C17H27N. The Morgan fingerprint density at radius 1 is 1.17 bits per heavy atom. The van der Waals surface area contributed by atoms with Gasteiger partial charge in [0.2, 0.25) is 0 Å². The molecule has 1 heteroatoms. The molecule has 1 fully saturated rings. The zero-order valence-electron chi connectivity index (χ0n) is 12.3. The summed E-state index contributed by atoms with van der Waals surface area (Å²) in [5, 5.41) is 3.69. The molecule has 100 valence electrons. The average molecular weight is 245 g/mol. The van der Waals surface area contributed by atoms with E-state index >= 15 is 0 Å². The quantitative estimate of drug-likeness (QED) is 0.828. The van der Waals surface area contributed by atoms with E-state index in [2.05, 4.69) is 57.3 Å². The van der Waals surface area contributed by atoms with Crippen LogP contribution in [0.25, 0.3) is 0 Å². The van der Waals surface area contributed by atoms with Crippen molar-refractivity contribution in [3.05, 3.63) is 35.4 Å². The van der Waals surface area contributed by atoms with Crippen molar-refractivity contribution in [1.82, 2.24) is 5.32 Å². The number of benzene rings is 1. The molecule has 18 heavy (non-hydrogen) atoms. The fraction of sp³-hybridized carbons (Fsp3) is 0.647. The van der Waals surface area contributed by atoms with E-state index in [4.69, 9.17) is 0 Å². The summed E-state index contributed by atoms with van der Waals surface area (Å²) < 4.78 is 0. The van der Waals surface area contributed by atoms with Gasteiger partial charge in [-0.15, -0.1) is 0 Å². The van der Waals surface area contributed by atoms with Crippen molar-refractivity contribution in [3.8, 4) is 0 Å². The molecule has 0 heterocycles.